The lowest BCUT2D eigenvalue weighted by molar-refractivity contribution is 0.0696. The van der Waals surface area contributed by atoms with Crippen molar-refractivity contribution in [3.05, 3.63) is 51.2 Å². The van der Waals surface area contributed by atoms with Crippen molar-refractivity contribution < 1.29 is 18.3 Å². The molecule has 2 N–H and O–H groups in total. The average Bonchev–Trinajstić information content (AvgIpc) is 2.92. The van der Waals surface area contributed by atoms with Gasteiger partial charge in [-0.25, -0.2) is 17.9 Å². The monoisotopic (exact) mass is 345 g/mol. The highest BCUT2D eigenvalue weighted by atomic mass is 35.5. The van der Waals surface area contributed by atoms with Gasteiger partial charge in [-0.05, 0) is 36.6 Å². The van der Waals surface area contributed by atoms with E-state index in [1.165, 1.54) is 23.5 Å². The first-order chi connectivity index (χ1) is 9.81. The molecule has 0 fully saturated rings. The van der Waals surface area contributed by atoms with Crippen molar-refractivity contribution in [3.63, 3.8) is 0 Å². The van der Waals surface area contributed by atoms with E-state index in [4.69, 9.17) is 16.7 Å². The van der Waals surface area contributed by atoms with E-state index < -0.39 is 22.0 Å². The lowest BCUT2D eigenvalue weighted by atomic mass is 10.2. The molecule has 21 heavy (non-hydrogen) atoms. The predicted octanol–water partition coefficient (Wildman–Crippen LogP) is 3.14. The van der Waals surface area contributed by atoms with Crippen LogP contribution in [0, 0.1) is 0 Å². The summed E-state index contributed by atoms with van der Waals surface area (Å²) in [5, 5.41) is 10.8. The van der Waals surface area contributed by atoms with Crippen molar-refractivity contribution in [1.82, 2.24) is 4.72 Å². The summed E-state index contributed by atoms with van der Waals surface area (Å²) in [6.07, 6.45) is 0. The highest BCUT2D eigenvalue weighted by Gasteiger charge is 2.23. The highest BCUT2D eigenvalue weighted by molar-refractivity contribution is 7.89. The fraction of sp³-hybridized carbons (Fsp3) is 0.154. The Bertz CT molecular complexity index is 756. The lowest BCUT2D eigenvalue weighted by Crippen LogP contribution is -2.26. The third kappa shape index (κ3) is 3.62. The maximum absolute atomic E-state index is 12.3. The van der Waals surface area contributed by atoms with Crippen molar-refractivity contribution in [3.8, 4) is 0 Å². The average molecular weight is 346 g/mol. The molecule has 2 rings (SSSR count). The van der Waals surface area contributed by atoms with E-state index in [2.05, 4.69) is 4.72 Å². The van der Waals surface area contributed by atoms with Crippen molar-refractivity contribution >= 4 is 38.9 Å². The van der Waals surface area contributed by atoms with Gasteiger partial charge in [0, 0.05) is 4.88 Å². The Kier molecular flexibility index (Phi) is 4.67. The van der Waals surface area contributed by atoms with Crippen LogP contribution in [0.5, 0.6) is 0 Å². The number of carboxylic acids is 1. The number of carboxylic acid groups (broad SMARTS) is 1. The summed E-state index contributed by atoms with van der Waals surface area (Å²) in [5.74, 6) is -1.21. The van der Waals surface area contributed by atoms with Crippen LogP contribution in [0.15, 0.2) is 40.6 Å². The molecule has 0 radical (unpaired) electrons. The molecule has 0 unspecified atom stereocenters. The second kappa shape index (κ2) is 6.15. The Morgan fingerprint density at radius 1 is 1.38 bits per heavy atom. The largest absolute Gasteiger partial charge is 0.478 e. The van der Waals surface area contributed by atoms with Crippen molar-refractivity contribution in [2.24, 2.45) is 0 Å². The van der Waals surface area contributed by atoms with Crippen LogP contribution in [-0.4, -0.2) is 19.5 Å². The Labute approximate surface area is 131 Å². The van der Waals surface area contributed by atoms with Gasteiger partial charge in [0.2, 0.25) is 10.0 Å². The van der Waals surface area contributed by atoms with Gasteiger partial charge < -0.3 is 5.11 Å². The number of rotatable bonds is 5. The molecule has 5 nitrogen and oxygen atoms in total. The summed E-state index contributed by atoms with van der Waals surface area (Å²) >= 11 is 7.31. The van der Waals surface area contributed by atoms with E-state index in [1.54, 1.807) is 6.92 Å². The summed E-state index contributed by atoms with van der Waals surface area (Å²) in [4.78, 5) is 11.6. The molecule has 0 aliphatic carbocycles. The number of hydrogen-bond acceptors (Lipinski definition) is 4. The molecule has 0 amide bonds. The maximum atomic E-state index is 12.3. The molecule has 0 spiro atoms. The molecule has 112 valence electrons. The number of benzene rings is 1. The molecule has 1 heterocycles. The molecular formula is C13H12ClNO4S2. The number of sulfonamides is 1. The van der Waals surface area contributed by atoms with Gasteiger partial charge in [0.25, 0.3) is 0 Å². The van der Waals surface area contributed by atoms with E-state index in [1.807, 2.05) is 17.5 Å². The normalized spacial score (nSPS) is 13.0. The third-order valence-corrected chi connectivity index (χ3v) is 5.85. The summed E-state index contributed by atoms with van der Waals surface area (Å²) < 4.78 is 27.2. The van der Waals surface area contributed by atoms with Gasteiger partial charge in [-0.15, -0.1) is 11.3 Å². The Hall–Kier alpha value is -1.41. The number of aromatic carboxylic acids is 1. The Balaban J connectivity index is 2.35. The second-order valence-corrected chi connectivity index (χ2v) is 7.38. The minimum atomic E-state index is -3.91. The van der Waals surface area contributed by atoms with Crippen LogP contribution in [0.1, 0.15) is 28.2 Å². The fourth-order valence-corrected chi connectivity index (χ4v) is 4.29. The first-order valence-electron chi connectivity index (χ1n) is 5.90. The molecule has 0 aliphatic rings. The minimum absolute atomic E-state index is 0.0223. The van der Waals surface area contributed by atoms with E-state index in [-0.39, 0.29) is 15.5 Å². The van der Waals surface area contributed by atoms with Crippen molar-refractivity contribution in [2.75, 3.05) is 0 Å². The van der Waals surface area contributed by atoms with E-state index >= 15 is 0 Å². The SMILES string of the molecule is C[C@H](NS(=O)(=O)c1cc(C(=O)O)ccc1Cl)c1cccs1. The molecule has 0 aliphatic heterocycles. The molecular weight excluding hydrogens is 334 g/mol. The van der Waals surface area contributed by atoms with E-state index in [0.29, 0.717) is 0 Å². The number of hydrogen-bond donors (Lipinski definition) is 2. The molecule has 1 aromatic heterocycles. The predicted molar refractivity (Wildman–Crippen MR) is 81.5 cm³/mol. The van der Waals surface area contributed by atoms with Crippen LogP contribution in [0.3, 0.4) is 0 Å². The lowest BCUT2D eigenvalue weighted by Gasteiger charge is -2.14. The summed E-state index contributed by atoms with van der Waals surface area (Å²) in [6, 6.07) is 6.77. The van der Waals surface area contributed by atoms with Crippen molar-refractivity contribution in [2.45, 2.75) is 17.9 Å². The van der Waals surface area contributed by atoms with Gasteiger partial charge in [-0.2, -0.15) is 0 Å². The van der Waals surface area contributed by atoms with Gasteiger partial charge in [0.1, 0.15) is 4.90 Å². The first-order valence-corrected chi connectivity index (χ1v) is 8.64. The standard InChI is InChI=1S/C13H12ClNO4S2/c1-8(11-3-2-6-20-11)15-21(18,19)12-7-9(13(16)17)4-5-10(12)14/h2-8,15H,1H3,(H,16,17)/t8-/m0/s1. The highest BCUT2D eigenvalue weighted by Crippen LogP contribution is 2.26. The van der Waals surface area contributed by atoms with Crippen LogP contribution < -0.4 is 4.72 Å². The number of nitrogens with one attached hydrogen (secondary N) is 1. The first kappa shape index (κ1) is 16.0. The Morgan fingerprint density at radius 3 is 2.67 bits per heavy atom. The zero-order valence-corrected chi connectivity index (χ0v) is 13.3. The van der Waals surface area contributed by atoms with Crippen LogP contribution in [-0.2, 0) is 10.0 Å². The minimum Gasteiger partial charge on any atom is -0.478 e. The van der Waals surface area contributed by atoms with Gasteiger partial charge in [0.15, 0.2) is 0 Å². The second-order valence-electron chi connectivity index (χ2n) is 4.31. The zero-order chi connectivity index (χ0) is 15.6. The van der Waals surface area contributed by atoms with Gasteiger partial charge >= 0.3 is 5.97 Å². The van der Waals surface area contributed by atoms with Crippen LogP contribution in [0.4, 0.5) is 0 Å². The van der Waals surface area contributed by atoms with E-state index in [0.717, 1.165) is 10.9 Å². The quantitative estimate of drug-likeness (QED) is 0.872. The van der Waals surface area contributed by atoms with Crippen LogP contribution in [0.2, 0.25) is 5.02 Å². The molecule has 8 heteroatoms. The van der Waals surface area contributed by atoms with Crippen LogP contribution in [0.25, 0.3) is 0 Å². The number of carbonyl (C=O) groups is 1. The summed E-state index contributed by atoms with van der Waals surface area (Å²) in [5.41, 5.74) is -0.136. The van der Waals surface area contributed by atoms with Gasteiger partial charge in [0.05, 0.1) is 16.6 Å². The molecule has 0 saturated carbocycles. The topological polar surface area (TPSA) is 83.5 Å². The van der Waals surface area contributed by atoms with Gasteiger partial charge in [-0.1, -0.05) is 17.7 Å². The molecule has 2 aromatic rings. The number of thiophene rings is 1. The summed E-state index contributed by atoms with van der Waals surface area (Å²) in [7, 11) is -3.91. The summed E-state index contributed by atoms with van der Waals surface area (Å²) in [6.45, 7) is 1.71. The zero-order valence-electron chi connectivity index (χ0n) is 10.9. The molecule has 0 bridgehead atoms. The van der Waals surface area contributed by atoms with E-state index in [9.17, 15) is 13.2 Å². The third-order valence-electron chi connectivity index (χ3n) is 2.77. The molecule has 1 aromatic carbocycles. The fourth-order valence-electron chi connectivity index (χ4n) is 1.73. The van der Waals surface area contributed by atoms with Crippen molar-refractivity contribution in [1.29, 1.82) is 0 Å². The molecule has 0 saturated heterocycles. The Morgan fingerprint density at radius 2 is 2.10 bits per heavy atom. The smallest absolute Gasteiger partial charge is 0.335 e. The number of halogens is 1. The van der Waals surface area contributed by atoms with Crippen LogP contribution >= 0.6 is 22.9 Å². The maximum Gasteiger partial charge on any atom is 0.335 e. The molecule has 1 atom stereocenters. The van der Waals surface area contributed by atoms with Gasteiger partial charge in [-0.3, -0.25) is 0 Å².